The zero-order valence-electron chi connectivity index (χ0n) is 10.8. The van der Waals surface area contributed by atoms with Crippen molar-refractivity contribution in [2.24, 2.45) is 0 Å². The van der Waals surface area contributed by atoms with Gasteiger partial charge >= 0.3 is 5.97 Å². The average Bonchev–Trinajstić information content (AvgIpc) is 2.26. The van der Waals surface area contributed by atoms with Crippen molar-refractivity contribution in [3.05, 3.63) is 29.8 Å². The summed E-state index contributed by atoms with van der Waals surface area (Å²) in [5, 5.41) is 8.70. The number of carbonyl (C=O) groups is 1. The van der Waals surface area contributed by atoms with E-state index in [1.807, 2.05) is 4.72 Å². The molecule has 0 saturated carbocycles. The van der Waals surface area contributed by atoms with Crippen molar-refractivity contribution in [3.8, 4) is 0 Å². The normalized spacial score (nSPS) is 13.2. The van der Waals surface area contributed by atoms with Crippen LogP contribution in [0.5, 0.6) is 0 Å². The number of hydrogen-bond donors (Lipinski definition) is 2. The molecule has 0 heterocycles. The second-order valence-corrected chi connectivity index (χ2v) is 5.91. The minimum atomic E-state index is -4.45. The second-order valence-electron chi connectivity index (χ2n) is 4.26. The molecule has 0 spiro atoms. The topological polar surface area (TPSA) is 83.5 Å². The van der Waals surface area contributed by atoms with Crippen LogP contribution in [-0.2, 0) is 14.8 Å². The van der Waals surface area contributed by atoms with Crippen LogP contribution in [0, 0.1) is 11.6 Å². The Kier molecular flexibility index (Phi) is 5.58. The molecule has 0 radical (unpaired) electrons. The largest absolute Gasteiger partial charge is 0.481 e. The van der Waals surface area contributed by atoms with Gasteiger partial charge in [-0.3, -0.25) is 4.79 Å². The average molecular weight is 307 g/mol. The van der Waals surface area contributed by atoms with Crippen molar-refractivity contribution >= 4 is 16.0 Å². The lowest BCUT2D eigenvalue weighted by atomic mass is 10.1. The first-order valence-electron chi connectivity index (χ1n) is 5.96. The highest BCUT2D eigenvalue weighted by molar-refractivity contribution is 7.89. The molecule has 0 aromatic heterocycles. The van der Waals surface area contributed by atoms with Gasteiger partial charge in [0.2, 0.25) is 10.0 Å². The molecule has 112 valence electrons. The third-order valence-electron chi connectivity index (χ3n) is 2.57. The maximum atomic E-state index is 13.5. The summed E-state index contributed by atoms with van der Waals surface area (Å²) < 4.78 is 52.9. The molecule has 0 fully saturated rings. The fourth-order valence-corrected chi connectivity index (χ4v) is 3.19. The van der Waals surface area contributed by atoms with E-state index in [-0.39, 0.29) is 6.42 Å². The molecule has 0 amide bonds. The van der Waals surface area contributed by atoms with Crippen LogP contribution in [0.25, 0.3) is 0 Å². The van der Waals surface area contributed by atoms with Crippen molar-refractivity contribution in [2.75, 3.05) is 0 Å². The zero-order valence-corrected chi connectivity index (χ0v) is 11.6. The predicted molar refractivity (Wildman–Crippen MR) is 67.6 cm³/mol. The molecule has 1 rings (SSSR count). The molecule has 0 saturated heterocycles. The van der Waals surface area contributed by atoms with E-state index in [4.69, 9.17) is 5.11 Å². The standard InChI is InChI=1S/C12H15F2NO4S/c1-2-4-8(7-11(16)17)15-20(18,19)12-9(13)5-3-6-10(12)14/h3,5-6,8,15H,2,4,7H2,1H3,(H,16,17). The smallest absolute Gasteiger partial charge is 0.304 e. The second kappa shape index (κ2) is 6.76. The first-order valence-corrected chi connectivity index (χ1v) is 7.44. The molecular formula is C12H15F2NO4S. The predicted octanol–water partition coefficient (Wildman–Crippen LogP) is 1.89. The van der Waals surface area contributed by atoms with Crippen molar-refractivity contribution in [1.29, 1.82) is 0 Å². The van der Waals surface area contributed by atoms with Gasteiger partial charge in [-0.15, -0.1) is 0 Å². The Morgan fingerprint density at radius 1 is 1.35 bits per heavy atom. The molecular weight excluding hydrogens is 292 g/mol. The lowest BCUT2D eigenvalue weighted by Gasteiger charge is -2.16. The molecule has 8 heteroatoms. The van der Waals surface area contributed by atoms with Crippen LogP contribution in [0.2, 0.25) is 0 Å². The van der Waals surface area contributed by atoms with Gasteiger partial charge in [-0.2, -0.15) is 0 Å². The summed E-state index contributed by atoms with van der Waals surface area (Å²) in [6.07, 6.45) is 0.324. The third-order valence-corrected chi connectivity index (χ3v) is 4.14. The van der Waals surface area contributed by atoms with Gasteiger partial charge in [-0.25, -0.2) is 21.9 Å². The summed E-state index contributed by atoms with van der Waals surface area (Å²) in [6.45, 7) is 1.74. The highest BCUT2D eigenvalue weighted by Crippen LogP contribution is 2.19. The van der Waals surface area contributed by atoms with Crippen LogP contribution < -0.4 is 4.72 Å². The number of rotatable bonds is 7. The first-order chi connectivity index (χ1) is 9.27. The highest BCUT2D eigenvalue weighted by Gasteiger charge is 2.27. The summed E-state index contributed by atoms with van der Waals surface area (Å²) in [4.78, 5) is 9.57. The minimum Gasteiger partial charge on any atom is -0.481 e. The van der Waals surface area contributed by atoms with Crippen LogP contribution in [0.3, 0.4) is 0 Å². The van der Waals surface area contributed by atoms with E-state index in [2.05, 4.69) is 0 Å². The molecule has 1 aromatic carbocycles. The summed E-state index contributed by atoms with van der Waals surface area (Å²) in [5.41, 5.74) is 0. The van der Waals surface area contributed by atoms with Gasteiger partial charge in [-0.1, -0.05) is 19.4 Å². The number of carboxylic acid groups (broad SMARTS) is 1. The number of aliphatic carboxylic acids is 1. The monoisotopic (exact) mass is 307 g/mol. The Labute approximate surface area is 115 Å². The number of sulfonamides is 1. The molecule has 5 nitrogen and oxygen atoms in total. The number of carboxylic acids is 1. The molecule has 1 aromatic rings. The van der Waals surface area contributed by atoms with Gasteiger partial charge in [-0.05, 0) is 18.6 Å². The van der Waals surface area contributed by atoms with Crippen LogP contribution in [-0.4, -0.2) is 25.5 Å². The first kappa shape index (κ1) is 16.5. The lowest BCUT2D eigenvalue weighted by molar-refractivity contribution is -0.137. The highest BCUT2D eigenvalue weighted by atomic mass is 32.2. The Bertz CT molecular complexity index is 569. The molecule has 0 aliphatic heterocycles. The molecule has 0 aliphatic rings. The van der Waals surface area contributed by atoms with Crippen LogP contribution in [0.15, 0.2) is 23.1 Å². The van der Waals surface area contributed by atoms with Gasteiger partial charge in [0.05, 0.1) is 6.42 Å². The molecule has 0 aliphatic carbocycles. The Morgan fingerprint density at radius 2 is 1.90 bits per heavy atom. The van der Waals surface area contributed by atoms with E-state index in [1.54, 1.807) is 6.92 Å². The van der Waals surface area contributed by atoms with Crippen molar-refractivity contribution in [1.82, 2.24) is 4.72 Å². The third kappa shape index (κ3) is 4.24. The molecule has 2 N–H and O–H groups in total. The van der Waals surface area contributed by atoms with Crippen LogP contribution in [0.1, 0.15) is 26.2 Å². The fourth-order valence-electron chi connectivity index (χ4n) is 1.78. The molecule has 20 heavy (non-hydrogen) atoms. The number of benzene rings is 1. The zero-order chi connectivity index (χ0) is 15.3. The fraction of sp³-hybridized carbons (Fsp3) is 0.417. The van der Waals surface area contributed by atoms with Gasteiger partial charge in [0.25, 0.3) is 0 Å². The number of halogens is 2. The lowest BCUT2D eigenvalue weighted by Crippen LogP contribution is -2.37. The maximum absolute atomic E-state index is 13.5. The Balaban J connectivity index is 3.06. The summed E-state index contributed by atoms with van der Waals surface area (Å²) in [6, 6.07) is 1.78. The molecule has 1 unspecified atom stereocenters. The van der Waals surface area contributed by atoms with Crippen LogP contribution in [0.4, 0.5) is 8.78 Å². The van der Waals surface area contributed by atoms with E-state index in [9.17, 15) is 22.0 Å². The van der Waals surface area contributed by atoms with E-state index < -0.39 is 45.0 Å². The van der Waals surface area contributed by atoms with E-state index in [0.717, 1.165) is 18.2 Å². The number of nitrogens with one attached hydrogen (secondary N) is 1. The summed E-state index contributed by atoms with van der Waals surface area (Å²) >= 11 is 0. The summed E-state index contributed by atoms with van der Waals surface area (Å²) in [7, 11) is -4.45. The Hall–Kier alpha value is -1.54. The van der Waals surface area contributed by atoms with E-state index >= 15 is 0 Å². The molecule has 0 bridgehead atoms. The van der Waals surface area contributed by atoms with Gasteiger partial charge < -0.3 is 5.11 Å². The maximum Gasteiger partial charge on any atom is 0.304 e. The van der Waals surface area contributed by atoms with Crippen molar-refractivity contribution < 1.29 is 27.1 Å². The minimum absolute atomic E-state index is 0.252. The molecule has 1 atom stereocenters. The van der Waals surface area contributed by atoms with Gasteiger partial charge in [0, 0.05) is 6.04 Å². The van der Waals surface area contributed by atoms with Gasteiger partial charge in [0.15, 0.2) is 4.90 Å². The number of hydrogen-bond acceptors (Lipinski definition) is 3. The van der Waals surface area contributed by atoms with Crippen molar-refractivity contribution in [3.63, 3.8) is 0 Å². The van der Waals surface area contributed by atoms with Crippen molar-refractivity contribution in [2.45, 2.75) is 37.1 Å². The van der Waals surface area contributed by atoms with Gasteiger partial charge in [0.1, 0.15) is 11.6 Å². The quantitative estimate of drug-likeness (QED) is 0.805. The van der Waals surface area contributed by atoms with E-state index in [1.165, 1.54) is 0 Å². The van der Waals surface area contributed by atoms with Crippen LogP contribution >= 0.6 is 0 Å². The summed E-state index contributed by atoms with van der Waals surface area (Å²) in [5.74, 6) is -3.63. The Morgan fingerprint density at radius 3 is 2.35 bits per heavy atom. The van der Waals surface area contributed by atoms with E-state index in [0.29, 0.717) is 6.42 Å². The SMILES string of the molecule is CCCC(CC(=O)O)NS(=O)(=O)c1c(F)cccc1F.